The van der Waals surface area contributed by atoms with E-state index in [0.717, 1.165) is 0 Å². The molecule has 0 amide bonds. The Kier molecular flexibility index (Phi) is 3.69. The molecule has 50 valence electrons. The molecule has 0 fully saturated rings. The van der Waals surface area contributed by atoms with Gasteiger partial charge >= 0.3 is 0 Å². The summed E-state index contributed by atoms with van der Waals surface area (Å²) >= 11 is 0. The van der Waals surface area contributed by atoms with Crippen molar-refractivity contribution in [3.05, 3.63) is 0 Å². The molecule has 0 heterocycles. The van der Waals surface area contributed by atoms with Gasteiger partial charge in [0.1, 0.15) is 19.0 Å². The standard InChI is InChI=1S/C5H10F2O/c1-2-4(7)5(8)3-6/h4-5,8H,2-3H2,1H3. The highest BCUT2D eigenvalue weighted by Crippen LogP contribution is 2.02. The highest BCUT2D eigenvalue weighted by atomic mass is 19.1. The monoisotopic (exact) mass is 124 g/mol. The Bertz CT molecular complexity index is 50.4. The normalized spacial score (nSPS) is 18.0. The average Bonchev–Trinajstić information content (AvgIpc) is 1.84. The van der Waals surface area contributed by atoms with Crippen LogP contribution in [-0.4, -0.2) is 24.1 Å². The van der Waals surface area contributed by atoms with Crippen LogP contribution in [0.1, 0.15) is 13.3 Å². The Labute approximate surface area is 47.3 Å². The van der Waals surface area contributed by atoms with Crippen LogP contribution in [0.5, 0.6) is 0 Å². The van der Waals surface area contributed by atoms with E-state index in [4.69, 9.17) is 5.11 Å². The van der Waals surface area contributed by atoms with Gasteiger partial charge in [-0.05, 0) is 6.42 Å². The molecule has 1 N–H and O–H groups in total. The lowest BCUT2D eigenvalue weighted by Gasteiger charge is -2.07. The second kappa shape index (κ2) is 3.78. The van der Waals surface area contributed by atoms with Crippen molar-refractivity contribution in [1.82, 2.24) is 0 Å². The molecule has 0 rings (SSSR count). The van der Waals surface area contributed by atoms with Gasteiger partial charge in [0.25, 0.3) is 0 Å². The molecule has 0 saturated heterocycles. The second-order valence-electron chi connectivity index (χ2n) is 1.65. The molecule has 8 heavy (non-hydrogen) atoms. The lowest BCUT2D eigenvalue weighted by atomic mass is 10.2. The summed E-state index contributed by atoms with van der Waals surface area (Å²) in [5, 5.41) is 8.38. The van der Waals surface area contributed by atoms with Crippen LogP contribution in [0.3, 0.4) is 0 Å². The fraction of sp³-hybridized carbons (Fsp3) is 1.00. The third kappa shape index (κ3) is 2.21. The first-order chi connectivity index (χ1) is 3.72. The van der Waals surface area contributed by atoms with Gasteiger partial charge in [0.2, 0.25) is 0 Å². The molecule has 0 spiro atoms. The fourth-order valence-corrected chi connectivity index (χ4v) is 0.369. The minimum Gasteiger partial charge on any atom is -0.387 e. The predicted octanol–water partition coefficient (Wildman–Crippen LogP) is 1.06. The van der Waals surface area contributed by atoms with E-state index in [2.05, 4.69) is 0 Å². The highest BCUT2D eigenvalue weighted by molar-refractivity contribution is 4.63. The second-order valence-corrected chi connectivity index (χ2v) is 1.65. The van der Waals surface area contributed by atoms with Crippen LogP contribution in [-0.2, 0) is 0 Å². The summed E-state index contributed by atoms with van der Waals surface area (Å²) in [6.45, 7) is 0.568. The van der Waals surface area contributed by atoms with E-state index >= 15 is 0 Å². The van der Waals surface area contributed by atoms with Gasteiger partial charge in [-0.1, -0.05) is 6.92 Å². The Morgan fingerprint density at radius 2 is 2.12 bits per heavy atom. The molecule has 2 atom stereocenters. The van der Waals surface area contributed by atoms with Crippen LogP contribution in [0.4, 0.5) is 8.78 Å². The third-order valence-corrected chi connectivity index (χ3v) is 0.966. The van der Waals surface area contributed by atoms with E-state index in [1.165, 1.54) is 0 Å². The lowest BCUT2D eigenvalue weighted by Crippen LogP contribution is -2.22. The Morgan fingerprint density at radius 3 is 2.25 bits per heavy atom. The molecule has 0 bridgehead atoms. The van der Waals surface area contributed by atoms with E-state index in [9.17, 15) is 8.78 Å². The van der Waals surface area contributed by atoms with Gasteiger partial charge < -0.3 is 5.11 Å². The molecule has 0 radical (unpaired) electrons. The molecule has 2 unspecified atom stereocenters. The highest BCUT2D eigenvalue weighted by Gasteiger charge is 2.14. The van der Waals surface area contributed by atoms with Crippen LogP contribution in [0.15, 0.2) is 0 Å². The third-order valence-electron chi connectivity index (χ3n) is 0.966. The van der Waals surface area contributed by atoms with E-state index in [1.54, 1.807) is 6.92 Å². The Morgan fingerprint density at radius 1 is 1.62 bits per heavy atom. The van der Waals surface area contributed by atoms with Gasteiger partial charge in [-0.15, -0.1) is 0 Å². The number of aliphatic hydroxyl groups is 1. The summed E-state index contributed by atoms with van der Waals surface area (Å²) in [5.74, 6) is 0. The smallest absolute Gasteiger partial charge is 0.128 e. The lowest BCUT2D eigenvalue weighted by molar-refractivity contribution is 0.0545. The first kappa shape index (κ1) is 7.82. The summed E-state index contributed by atoms with van der Waals surface area (Å²) in [4.78, 5) is 0. The first-order valence-corrected chi connectivity index (χ1v) is 2.60. The Hall–Kier alpha value is -0.180. The van der Waals surface area contributed by atoms with Crippen molar-refractivity contribution in [3.63, 3.8) is 0 Å². The van der Waals surface area contributed by atoms with E-state index in [-0.39, 0.29) is 6.42 Å². The van der Waals surface area contributed by atoms with Gasteiger partial charge in [0, 0.05) is 0 Å². The van der Waals surface area contributed by atoms with Gasteiger partial charge in [-0.25, -0.2) is 8.78 Å². The molecule has 0 aliphatic heterocycles. The van der Waals surface area contributed by atoms with Crippen LogP contribution in [0.2, 0.25) is 0 Å². The van der Waals surface area contributed by atoms with Gasteiger partial charge in [-0.3, -0.25) is 0 Å². The number of rotatable bonds is 3. The molecule has 0 aliphatic carbocycles. The van der Waals surface area contributed by atoms with Crippen molar-refractivity contribution in [2.45, 2.75) is 25.6 Å². The quantitative estimate of drug-likeness (QED) is 0.596. The molecular formula is C5H10F2O. The van der Waals surface area contributed by atoms with Gasteiger partial charge in [-0.2, -0.15) is 0 Å². The van der Waals surface area contributed by atoms with Crippen molar-refractivity contribution < 1.29 is 13.9 Å². The zero-order chi connectivity index (χ0) is 6.57. The van der Waals surface area contributed by atoms with Crippen molar-refractivity contribution in [2.24, 2.45) is 0 Å². The zero-order valence-electron chi connectivity index (χ0n) is 4.77. The summed E-state index contributed by atoms with van der Waals surface area (Å²) in [6, 6.07) is 0. The van der Waals surface area contributed by atoms with Crippen LogP contribution in [0.25, 0.3) is 0 Å². The maximum absolute atomic E-state index is 12.0. The first-order valence-electron chi connectivity index (χ1n) is 2.60. The van der Waals surface area contributed by atoms with Crippen LogP contribution >= 0.6 is 0 Å². The number of hydrogen-bond donors (Lipinski definition) is 1. The van der Waals surface area contributed by atoms with Crippen molar-refractivity contribution in [2.75, 3.05) is 6.67 Å². The Balaban J connectivity index is 3.29. The minimum atomic E-state index is -1.42. The van der Waals surface area contributed by atoms with E-state index in [0.29, 0.717) is 0 Å². The van der Waals surface area contributed by atoms with Gasteiger partial charge in [0.15, 0.2) is 0 Å². The molecule has 0 saturated carbocycles. The van der Waals surface area contributed by atoms with Gasteiger partial charge in [0.05, 0.1) is 0 Å². The molecule has 0 aliphatic rings. The van der Waals surface area contributed by atoms with Crippen molar-refractivity contribution >= 4 is 0 Å². The maximum atomic E-state index is 12.0. The SMILES string of the molecule is CCC(F)C(O)CF. The van der Waals surface area contributed by atoms with Crippen molar-refractivity contribution in [1.29, 1.82) is 0 Å². The molecule has 0 aromatic heterocycles. The number of hydrogen-bond acceptors (Lipinski definition) is 1. The summed E-state index contributed by atoms with van der Waals surface area (Å²) in [7, 11) is 0. The predicted molar refractivity (Wildman–Crippen MR) is 27.2 cm³/mol. The molecule has 0 aromatic carbocycles. The molecule has 3 heteroatoms. The largest absolute Gasteiger partial charge is 0.387 e. The molecular weight excluding hydrogens is 114 g/mol. The number of alkyl halides is 2. The number of aliphatic hydroxyl groups excluding tert-OH is 1. The minimum absolute atomic E-state index is 0.172. The fourth-order valence-electron chi connectivity index (χ4n) is 0.369. The van der Waals surface area contributed by atoms with Crippen LogP contribution in [0, 0.1) is 0 Å². The number of halogens is 2. The summed E-state index contributed by atoms with van der Waals surface area (Å²) < 4.78 is 23.4. The van der Waals surface area contributed by atoms with Crippen molar-refractivity contribution in [3.8, 4) is 0 Å². The van der Waals surface area contributed by atoms with E-state index < -0.39 is 19.0 Å². The zero-order valence-corrected chi connectivity index (χ0v) is 4.77. The summed E-state index contributed by atoms with van der Waals surface area (Å²) in [5.41, 5.74) is 0. The average molecular weight is 124 g/mol. The van der Waals surface area contributed by atoms with E-state index in [1.807, 2.05) is 0 Å². The molecule has 1 nitrogen and oxygen atoms in total. The maximum Gasteiger partial charge on any atom is 0.128 e. The van der Waals surface area contributed by atoms with Crippen LogP contribution < -0.4 is 0 Å². The topological polar surface area (TPSA) is 20.2 Å². The summed E-state index contributed by atoms with van der Waals surface area (Å²) in [6.07, 6.45) is -2.65. The molecule has 0 aromatic rings.